The fourth-order valence-corrected chi connectivity index (χ4v) is 6.54. The zero-order valence-corrected chi connectivity index (χ0v) is 28.4. The summed E-state index contributed by atoms with van der Waals surface area (Å²) in [5.74, 6) is 6.57. The third kappa shape index (κ3) is 7.55. The van der Waals surface area contributed by atoms with Gasteiger partial charge in [-0.25, -0.2) is 19.6 Å². The highest BCUT2D eigenvalue weighted by Gasteiger charge is 2.24. The second-order valence-electron chi connectivity index (χ2n) is 12.4. The lowest BCUT2D eigenvalue weighted by Crippen LogP contribution is -2.38. The number of fused-ring (bicyclic) bond motifs is 2. The van der Waals surface area contributed by atoms with Crippen LogP contribution in [0.25, 0.3) is 33.2 Å². The zero-order chi connectivity index (χ0) is 35.3. The van der Waals surface area contributed by atoms with Gasteiger partial charge in [0, 0.05) is 48.2 Å². The largest absolute Gasteiger partial charge is 0.508 e. The molecule has 0 spiro atoms. The Morgan fingerprint density at radius 2 is 1.90 bits per heavy atom. The molecule has 7 rings (SSSR count). The minimum Gasteiger partial charge on any atom is -0.508 e. The number of nitrogens with zero attached hydrogens (tertiary/aromatic N) is 5. The number of aromatic amines is 1. The van der Waals surface area contributed by atoms with Crippen LogP contribution in [0.1, 0.15) is 55.0 Å². The van der Waals surface area contributed by atoms with Gasteiger partial charge in [0.1, 0.15) is 29.4 Å². The first-order valence-corrected chi connectivity index (χ1v) is 17.1. The van der Waals surface area contributed by atoms with E-state index in [2.05, 4.69) is 32.1 Å². The van der Waals surface area contributed by atoms with Gasteiger partial charge in [-0.3, -0.25) is 9.59 Å². The summed E-state index contributed by atoms with van der Waals surface area (Å²) in [7, 11) is 0. The Morgan fingerprint density at radius 1 is 1.10 bits per heavy atom. The maximum absolute atomic E-state index is 13.8. The number of hydrogen-bond acceptors (Lipinski definition) is 9. The molecule has 1 amide bonds. The predicted molar refractivity (Wildman–Crippen MR) is 195 cm³/mol. The summed E-state index contributed by atoms with van der Waals surface area (Å²) in [6.07, 6.45) is 4.56. The molecule has 0 radical (unpaired) electrons. The molecule has 5 N–H and O–H groups in total. The smallest absolute Gasteiger partial charge is 0.260 e. The highest BCUT2D eigenvalue weighted by molar-refractivity contribution is 6.30. The molecule has 13 heteroatoms. The lowest BCUT2D eigenvalue weighted by Gasteiger charge is -2.22. The molecule has 51 heavy (non-hydrogen) atoms. The molecule has 258 valence electrons. The van der Waals surface area contributed by atoms with E-state index in [0.717, 1.165) is 24.0 Å². The van der Waals surface area contributed by atoms with Gasteiger partial charge in [-0.1, -0.05) is 41.6 Å². The molecule has 1 aliphatic heterocycles. The number of unbranched alkanes of at least 4 members (excludes halogenated alkanes) is 1. The minimum absolute atomic E-state index is 0.0203. The monoisotopic (exact) mass is 702 g/mol. The number of nitrogens with two attached hydrogens (primary N) is 1. The van der Waals surface area contributed by atoms with Crippen molar-refractivity contribution in [2.24, 2.45) is 0 Å². The second kappa shape index (κ2) is 15.0. The molecule has 0 saturated carbocycles. The highest BCUT2D eigenvalue weighted by atomic mass is 35.5. The Hall–Kier alpha value is -5.77. The number of amides is 1. The molecular formula is C38H35ClN8O4. The summed E-state index contributed by atoms with van der Waals surface area (Å²) in [5.41, 5.74) is 9.64. The van der Waals surface area contributed by atoms with Gasteiger partial charge < -0.3 is 25.9 Å². The summed E-state index contributed by atoms with van der Waals surface area (Å²) in [4.78, 5) is 42.8. The number of nitrogen functional groups attached to an aromatic ring is 1. The first-order valence-electron chi connectivity index (χ1n) is 16.7. The van der Waals surface area contributed by atoms with Crippen LogP contribution in [0.5, 0.6) is 5.75 Å². The number of nitrogens with one attached hydrogen (secondary N) is 2. The molecule has 1 saturated heterocycles. The number of rotatable bonds is 9. The van der Waals surface area contributed by atoms with Crippen molar-refractivity contribution >= 4 is 45.3 Å². The Labute approximate surface area is 298 Å². The van der Waals surface area contributed by atoms with E-state index in [1.54, 1.807) is 47.1 Å². The first kappa shape index (κ1) is 33.7. The van der Waals surface area contributed by atoms with Crippen LogP contribution >= 0.6 is 11.6 Å². The van der Waals surface area contributed by atoms with E-state index in [0.29, 0.717) is 76.5 Å². The molecule has 1 atom stereocenters. The third-order valence-electron chi connectivity index (χ3n) is 8.90. The van der Waals surface area contributed by atoms with Crippen LogP contribution in [-0.4, -0.2) is 60.0 Å². The predicted octanol–water partition coefficient (Wildman–Crippen LogP) is 5.32. The van der Waals surface area contributed by atoms with Crippen LogP contribution in [0.4, 0.5) is 5.82 Å². The summed E-state index contributed by atoms with van der Waals surface area (Å²) < 4.78 is 7.08. The van der Waals surface area contributed by atoms with E-state index in [1.165, 1.54) is 6.33 Å². The second-order valence-corrected chi connectivity index (χ2v) is 12.8. The molecular weight excluding hydrogens is 668 g/mol. The number of benzene rings is 3. The van der Waals surface area contributed by atoms with Crippen molar-refractivity contribution in [1.82, 2.24) is 35.0 Å². The van der Waals surface area contributed by atoms with Crippen molar-refractivity contribution in [3.05, 3.63) is 105 Å². The summed E-state index contributed by atoms with van der Waals surface area (Å²) >= 11 is 6.46. The fraction of sp³-hybridized carbons (Fsp3) is 0.263. The van der Waals surface area contributed by atoms with Crippen LogP contribution in [-0.2, 0) is 16.1 Å². The molecule has 6 aromatic rings. The number of phenols is 1. The van der Waals surface area contributed by atoms with Crippen molar-refractivity contribution in [1.29, 1.82) is 0 Å². The molecule has 4 heterocycles. The van der Waals surface area contributed by atoms with E-state index >= 15 is 0 Å². The molecule has 1 fully saturated rings. The number of halogens is 1. The summed E-state index contributed by atoms with van der Waals surface area (Å²) in [5, 5.41) is 19.3. The van der Waals surface area contributed by atoms with E-state index in [9.17, 15) is 14.7 Å². The molecule has 0 bridgehead atoms. The van der Waals surface area contributed by atoms with Gasteiger partial charge in [0.2, 0.25) is 5.91 Å². The zero-order valence-electron chi connectivity index (χ0n) is 27.6. The van der Waals surface area contributed by atoms with Gasteiger partial charge in [-0.2, -0.15) is 5.10 Å². The Kier molecular flexibility index (Phi) is 9.92. The number of aromatic hydroxyl groups is 1. The van der Waals surface area contributed by atoms with E-state index in [1.807, 2.05) is 24.3 Å². The fourth-order valence-electron chi connectivity index (χ4n) is 6.34. The van der Waals surface area contributed by atoms with Crippen LogP contribution in [0.2, 0.25) is 5.02 Å². The summed E-state index contributed by atoms with van der Waals surface area (Å²) in [6, 6.07) is 19.6. The molecule has 3 aromatic carbocycles. The highest BCUT2D eigenvalue weighted by Crippen LogP contribution is 2.33. The van der Waals surface area contributed by atoms with E-state index in [-0.39, 0.29) is 35.6 Å². The van der Waals surface area contributed by atoms with Gasteiger partial charge in [0.15, 0.2) is 5.65 Å². The van der Waals surface area contributed by atoms with Crippen molar-refractivity contribution < 1.29 is 14.6 Å². The number of aromatic nitrogens is 6. The number of phenolic OH excluding ortho intramolecular Hbond substituents is 1. The number of ether oxygens (including phenoxy) is 1. The lowest BCUT2D eigenvalue weighted by atomic mass is 9.97. The maximum atomic E-state index is 13.8. The first-order chi connectivity index (χ1) is 24.8. The number of anilines is 1. The minimum atomic E-state index is -0.505. The van der Waals surface area contributed by atoms with Gasteiger partial charge in [0.25, 0.3) is 5.56 Å². The van der Waals surface area contributed by atoms with E-state index < -0.39 is 5.92 Å². The third-order valence-corrected chi connectivity index (χ3v) is 9.14. The standard InChI is InChI=1S/C38H35ClN8O4/c39-26-9-4-8-25(20-26)29(21-47-37-33(35(40)41-22-42-37)34(46-47)24-12-14-28(48)15-13-24)36-44-30-10-5-7-23(32(30)38(50)45-36)6-2-1-3-11-31(49)43-27-16-18-51-19-17-27/h4-5,7-10,12-15,20,22,27,29,48H,1,3,11,16-19,21H2,(H,43,49)(H2,40,41,42)(H,44,45,50). The Morgan fingerprint density at radius 3 is 2.71 bits per heavy atom. The number of hydrogen-bond donors (Lipinski definition) is 4. The molecule has 1 aliphatic rings. The average molecular weight is 703 g/mol. The van der Waals surface area contributed by atoms with Crippen LogP contribution in [0.15, 0.2) is 77.9 Å². The molecule has 0 aliphatic carbocycles. The van der Waals surface area contributed by atoms with Gasteiger partial charge in [-0.15, -0.1) is 0 Å². The quantitative estimate of drug-likeness (QED) is 0.115. The number of H-pyrrole nitrogens is 1. The number of carbonyl (C=O) groups is 1. The molecule has 12 nitrogen and oxygen atoms in total. The van der Waals surface area contributed by atoms with Crippen molar-refractivity contribution in [2.75, 3.05) is 18.9 Å². The van der Waals surface area contributed by atoms with Crippen LogP contribution in [0.3, 0.4) is 0 Å². The van der Waals surface area contributed by atoms with Gasteiger partial charge in [0.05, 0.1) is 28.8 Å². The van der Waals surface area contributed by atoms with Crippen LogP contribution < -0.4 is 16.6 Å². The van der Waals surface area contributed by atoms with Gasteiger partial charge in [-0.05, 0) is 73.4 Å². The van der Waals surface area contributed by atoms with Gasteiger partial charge >= 0.3 is 0 Å². The SMILES string of the molecule is Nc1ncnc2c1c(-c1ccc(O)cc1)nn2CC(c1cccc(Cl)c1)c1nc2cccc(C#CCCCC(=O)NC3CCOCC3)c2c(=O)[nH]1. The van der Waals surface area contributed by atoms with Crippen LogP contribution in [0, 0.1) is 11.8 Å². The normalized spacial score (nSPS) is 13.9. The van der Waals surface area contributed by atoms with Crippen molar-refractivity contribution in [3.63, 3.8) is 0 Å². The molecule has 1 unspecified atom stereocenters. The lowest BCUT2D eigenvalue weighted by molar-refractivity contribution is -0.122. The number of carbonyl (C=O) groups excluding carboxylic acids is 1. The summed E-state index contributed by atoms with van der Waals surface area (Å²) in [6.45, 7) is 1.57. The van der Waals surface area contributed by atoms with Crippen molar-refractivity contribution in [3.8, 4) is 28.8 Å². The maximum Gasteiger partial charge on any atom is 0.260 e. The van der Waals surface area contributed by atoms with E-state index in [4.69, 9.17) is 32.2 Å². The molecule has 3 aromatic heterocycles. The topological polar surface area (TPSA) is 174 Å². The Bertz CT molecular complexity index is 2340. The van der Waals surface area contributed by atoms with Crippen molar-refractivity contribution in [2.45, 2.75) is 50.6 Å². The average Bonchev–Trinajstić information content (AvgIpc) is 3.50. The Balaban J connectivity index is 1.19.